The van der Waals surface area contributed by atoms with Crippen molar-refractivity contribution in [3.63, 3.8) is 0 Å². The first kappa shape index (κ1) is 28.9. The molecule has 0 saturated heterocycles. The van der Waals surface area contributed by atoms with Gasteiger partial charge >= 0.3 is 0 Å². The summed E-state index contributed by atoms with van der Waals surface area (Å²) in [5.41, 5.74) is 9.05. The zero-order chi connectivity index (χ0) is 27.9. The largest absolute Gasteiger partial charge is 0.489 e. The average molecular weight is 538 g/mol. The first-order chi connectivity index (χ1) is 17.8. The van der Waals surface area contributed by atoms with E-state index in [0.717, 1.165) is 22.4 Å². The van der Waals surface area contributed by atoms with E-state index in [0.29, 0.717) is 12.2 Å². The Bertz CT molecular complexity index is 1380. The standard InChI is InChI=1S/C29H35N3O5S/c1-20-6-15-26(18-21(20)2)38(35,36)30-17-16-27(33)31-32-28(34)23-9-7-22(8-10-23)19-37-25-13-11-24(12-14-25)29(3,4)5/h6-15,18,30H,16-17,19H2,1-5H3,(H,31,33)(H,32,34). The lowest BCUT2D eigenvalue weighted by molar-refractivity contribution is -0.121. The molecule has 3 rings (SSSR count). The predicted molar refractivity (Wildman–Crippen MR) is 147 cm³/mol. The Kier molecular flexibility index (Phi) is 9.30. The summed E-state index contributed by atoms with van der Waals surface area (Å²) in [6.07, 6.45) is -0.142. The van der Waals surface area contributed by atoms with E-state index >= 15 is 0 Å². The molecule has 9 heteroatoms. The number of aryl methyl sites for hydroxylation is 2. The summed E-state index contributed by atoms with van der Waals surface area (Å²) in [6.45, 7) is 10.4. The van der Waals surface area contributed by atoms with Crippen molar-refractivity contribution in [3.05, 3.63) is 94.5 Å². The summed E-state index contributed by atoms with van der Waals surface area (Å²) < 4.78 is 33.1. The Balaban J connectivity index is 1.41. The molecular weight excluding hydrogens is 502 g/mol. The van der Waals surface area contributed by atoms with E-state index in [4.69, 9.17) is 4.74 Å². The molecule has 0 aliphatic carbocycles. The van der Waals surface area contributed by atoms with Crippen LogP contribution in [0.2, 0.25) is 0 Å². The van der Waals surface area contributed by atoms with Gasteiger partial charge in [-0.2, -0.15) is 0 Å². The molecule has 0 heterocycles. The van der Waals surface area contributed by atoms with Crippen LogP contribution in [0, 0.1) is 13.8 Å². The van der Waals surface area contributed by atoms with Gasteiger partial charge in [0.2, 0.25) is 15.9 Å². The summed E-state index contributed by atoms with van der Waals surface area (Å²) in [7, 11) is -3.73. The van der Waals surface area contributed by atoms with Gasteiger partial charge in [0.25, 0.3) is 5.91 Å². The van der Waals surface area contributed by atoms with Crippen molar-refractivity contribution in [3.8, 4) is 5.75 Å². The molecule has 0 fully saturated rings. The normalized spacial score (nSPS) is 11.6. The molecule has 0 aliphatic rings. The number of rotatable bonds is 9. The number of hydrazine groups is 1. The van der Waals surface area contributed by atoms with Gasteiger partial charge in [-0.05, 0) is 77.9 Å². The minimum atomic E-state index is -3.73. The maximum Gasteiger partial charge on any atom is 0.269 e. The molecule has 202 valence electrons. The van der Waals surface area contributed by atoms with E-state index in [1.165, 1.54) is 11.6 Å². The fourth-order valence-electron chi connectivity index (χ4n) is 3.49. The molecule has 0 radical (unpaired) electrons. The summed E-state index contributed by atoms with van der Waals surface area (Å²) >= 11 is 0. The molecule has 3 N–H and O–H groups in total. The number of hydrogen-bond donors (Lipinski definition) is 3. The highest BCUT2D eigenvalue weighted by atomic mass is 32.2. The zero-order valence-corrected chi connectivity index (χ0v) is 23.2. The topological polar surface area (TPSA) is 114 Å². The Morgan fingerprint density at radius 3 is 2.11 bits per heavy atom. The Morgan fingerprint density at radius 2 is 1.50 bits per heavy atom. The van der Waals surface area contributed by atoms with E-state index in [1.807, 2.05) is 26.0 Å². The SMILES string of the molecule is Cc1ccc(S(=O)(=O)NCCC(=O)NNC(=O)c2ccc(COc3ccc(C(C)(C)C)cc3)cc2)cc1C. The van der Waals surface area contributed by atoms with E-state index in [1.54, 1.807) is 36.4 Å². The quantitative estimate of drug-likeness (QED) is 0.352. The summed E-state index contributed by atoms with van der Waals surface area (Å²) in [4.78, 5) is 24.6. The maximum absolute atomic E-state index is 12.4. The molecule has 0 bridgehead atoms. The third-order valence-electron chi connectivity index (χ3n) is 6.09. The summed E-state index contributed by atoms with van der Waals surface area (Å²) in [5, 5.41) is 0. The van der Waals surface area contributed by atoms with Crippen LogP contribution >= 0.6 is 0 Å². The molecule has 2 amide bonds. The lowest BCUT2D eigenvalue weighted by Crippen LogP contribution is -2.42. The minimum Gasteiger partial charge on any atom is -0.489 e. The van der Waals surface area contributed by atoms with Crippen LogP contribution in [0.3, 0.4) is 0 Å². The van der Waals surface area contributed by atoms with Gasteiger partial charge in [-0.15, -0.1) is 0 Å². The highest BCUT2D eigenvalue weighted by Gasteiger charge is 2.16. The zero-order valence-electron chi connectivity index (χ0n) is 22.4. The Morgan fingerprint density at radius 1 is 0.842 bits per heavy atom. The van der Waals surface area contributed by atoms with Crippen LogP contribution in [0.4, 0.5) is 0 Å². The number of amides is 2. The predicted octanol–water partition coefficient (Wildman–Crippen LogP) is 4.31. The number of carbonyl (C=O) groups is 2. The monoisotopic (exact) mass is 537 g/mol. The first-order valence-electron chi connectivity index (χ1n) is 12.3. The lowest BCUT2D eigenvalue weighted by atomic mass is 9.87. The maximum atomic E-state index is 12.4. The van der Waals surface area contributed by atoms with Gasteiger partial charge in [0.15, 0.2) is 0 Å². The van der Waals surface area contributed by atoms with E-state index in [2.05, 4.69) is 48.5 Å². The van der Waals surface area contributed by atoms with E-state index in [9.17, 15) is 18.0 Å². The molecule has 0 atom stereocenters. The second-order valence-corrected chi connectivity index (χ2v) is 11.9. The molecule has 3 aromatic rings. The van der Waals surface area contributed by atoms with Crippen molar-refractivity contribution in [2.75, 3.05) is 6.54 Å². The van der Waals surface area contributed by atoms with Crippen molar-refractivity contribution in [2.45, 2.75) is 58.0 Å². The molecule has 0 aliphatic heterocycles. The molecule has 0 spiro atoms. The number of nitrogens with one attached hydrogen (secondary N) is 3. The fraction of sp³-hybridized carbons (Fsp3) is 0.310. The second kappa shape index (κ2) is 12.2. The number of carbonyl (C=O) groups excluding carboxylic acids is 2. The molecule has 0 aromatic heterocycles. The van der Waals surface area contributed by atoms with Gasteiger partial charge in [-0.25, -0.2) is 13.1 Å². The number of sulfonamides is 1. The summed E-state index contributed by atoms with van der Waals surface area (Å²) in [6, 6.07) is 19.7. The molecule has 3 aromatic carbocycles. The van der Waals surface area contributed by atoms with E-state index in [-0.39, 0.29) is 23.3 Å². The number of hydrogen-bond acceptors (Lipinski definition) is 5. The molecule has 0 unspecified atom stereocenters. The van der Waals surface area contributed by atoms with Crippen molar-refractivity contribution in [2.24, 2.45) is 0 Å². The van der Waals surface area contributed by atoms with Crippen LogP contribution in [-0.4, -0.2) is 26.8 Å². The number of benzene rings is 3. The minimum absolute atomic E-state index is 0.0763. The molecule has 8 nitrogen and oxygen atoms in total. The van der Waals surface area contributed by atoms with E-state index < -0.39 is 21.8 Å². The van der Waals surface area contributed by atoms with Gasteiger partial charge in [0.1, 0.15) is 12.4 Å². The van der Waals surface area contributed by atoms with Gasteiger partial charge in [-0.3, -0.25) is 20.4 Å². The van der Waals surface area contributed by atoms with Gasteiger partial charge in [0, 0.05) is 18.5 Å². The van der Waals surface area contributed by atoms with Crippen molar-refractivity contribution < 1.29 is 22.7 Å². The average Bonchev–Trinajstić information content (AvgIpc) is 2.87. The van der Waals surface area contributed by atoms with Gasteiger partial charge < -0.3 is 4.74 Å². The van der Waals surface area contributed by atoms with Crippen LogP contribution < -0.4 is 20.3 Å². The Hall–Kier alpha value is -3.69. The van der Waals surface area contributed by atoms with Crippen molar-refractivity contribution in [1.82, 2.24) is 15.6 Å². The summed E-state index contributed by atoms with van der Waals surface area (Å²) in [5.74, 6) is -0.248. The van der Waals surface area contributed by atoms with Crippen LogP contribution in [-0.2, 0) is 26.8 Å². The third kappa shape index (κ3) is 8.16. The van der Waals surface area contributed by atoms with Crippen molar-refractivity contribution in [1.29, 1.82) is 0 Å². The smallest absolute Gasteiger partial charge is 0.269 e. The Labute approximate surface area is 224 Å². The molecule has 0 saturated carbocycles. The number of ether oxygens (including phenoxy) is 1. The van der Waals surface area contributed by atoms with Gasteiger partial charge in [0.05, 0.1) is 4.90 Å². The van der Waals surface area contributed by atoms with Gasteiger partial charge in [-0.1, -0.05) is 51.1 Å². The highest BCUT2D eigenvalue weighted by Crippen LogP contribution is 2.24. The third-order valence-corrected chi connectivity index (χ3v) is 7.55. The first-order valence-corrected chi connectivity index (χ1v) is 13.8. The fourth-order valence-corrected chi connectivity index (χ4v) is 4.61. The second-order valence-electron chi connectivity index (χ2n) is 10.2. The van der Waals surface area contributed by atoms with Crippen LogP contribution in [0.5, 0.6) is 5.75 Å². The lowest BCUT2D eigenvalue weighted by Gasteiger charge is -2.19. The van der Waals surface area contributed by atoms with Crippen molar-refractivity contribution >= 4 is 21.8 Å². The molecular formula is C29H35N3O5S. The highest BCUT2D eigenvalue weighted by molar-refractivity contribution is 7.89. The van der Waals surface area contributed by atoms with Crippen LogP contribution in [0.15, 0.2) is 71.6 Å². The van der Waals surface area contributed by atoms with Crippen LogP contribution in [0.25, 0.3) is 0 Å². The molecule has 38 heavy (non-hydrogen) atoms. The van der Waals surface area contributed by atoms with Crippen LogP contribution in [0.1, 0.15) is 59.8 Å².